The largest absolute Gasteiger partial charge is 0.684 e. The number of hydrogen-bond donors (Lipinski definition) is 1. The van der Waals surface area contributed by atoms with Gasteiger partial charge in [0.15, 0.2) is 0 Å². The zero-order chi connectivity index (χ0) is 11.5. The minimum atomic E-state index is -1.33. The number of carbonyl (C=O) groups excluding carboxylic acids is 1. The van der Waals surface area contributed by atoms with Gasteiger partial charge >= 0.3 is 27.0 Å². The van der Waals surface area contributed by atoms with Crippen LogP contribution in [0.4, 0.5) is 4.79 Å². The van der Waals surface area contributed by atoms with Crippen LogP contribution in [0.15, 0.2) is 0 Å². The van der Waals surface area contributed by atoms with E-state index in [1.54, 1.807) is 0 Å². The first-order valence-electron chi connectivity index (χ1n) is 3.31. The number of amides is 2. The van der Waals surface area contributed by atoms with E-state index in [-0.39, 0.29) is 19.0 Å². The van der Waals surface area contributed by atoms with Crippen LogP contribution < -0.4 is 12.4 Å². The molecule has 0 radical (unpaired) electrons. The Morgan fingerprint density at radius 3 is 1.57 bits per heavy atom. The molecule has 0 saturated heterocycles. The molecule has 0 aromatic rings. The first-order valence-corrected chi connectivity index (χ1v) is 5.55. The molecule has 8 heteroatoms. The van der Waals surface area contributed by atoms with Gasteiger partial charge in [-0.2, -0.15) is 0 Å². The van der Waals surface area contributed by atoms with Gasteiger partial charge in [0.2, 0.25) is 0 Å². The first kappa shape index (κ1) is 23.9. The summed E-state index contributed by atoms with van der Waals surface area (Å²) >= 11 is 1.82. The quantitative estimate of drug-likeness (QED) is 0.497. The van der Waals surface area contributed by atoms with E-state index in [0.717, 1.165) is 11.0 Å². The number of hydrogen-bond acceptors (Lipinski definition) is 2. The predicted octanol–water partition coefficient (Wildman–Crippen LogP) is -1.41. The summed E-state index contributed by atoms with van der Waals surface area (Å²) in [5.74, 6) is 0. The Labute approximate surface area is 105 Å². The number of nitrogens with one attached hydrogen (secondary N) is 2. The molecule has 0 bridgehead atoms. The summed E-state index contributed by atoms with van der Waals surface area (Å²) in [5, 5.41) is 8.39. The van der Waals surface area contributed by atoms with E-state index in [9.17, 15) is 0 Å². The predicted molar refractivity (Wildman–Crippen MR) is 49.9 cm³/mol. The maximum Gasteiger partial charge on any atom is -0.0446 e. The summed E-state index contributed by atoms with van der Waals surface area (Å²) in [6, 6.07) is -1.33. The van der Waals surface area contributed by atoms with E-state index >= 15 is 0 Å². The van der Waals surface area contributed by atoms with Gasteiger partial charge < -0.3 is 38.3 Å². The van der Waals surface area contributed by atoms with Crippen LogP contribution in [0.5, 0.6) is 0 Å². The molecule has 2 amide bonds. The van der Waals surface area contributed by atoms with Crippen molar-refractivity contribution in [1.82, 2.24) is 0 Å². The van der Waals surface area contributed by atoms with Crippen molar-refractivity contribution in [3.05, 3.63) is 11.5 Å². The number of rotatable bonds is 2. The Morgan fingerprint density at radius 2 is 1.57 bits per heavy atom. The molecule has 0 heterocycles. The Balaban J connectivity index is -0.0000000620. The van der Waals surface area contributed by atoms with E-state index in [1.807, 2.05) is 17.3 Å². The summed E-state index contributed by atoms with van der Waals surface area (Å²) in [7, 11) is 10.7. The Morgan fingerprint density at radius 1 is 1.36 bits per heavy atom. The topological polar surface area (TPSA) is 84.9 Å². The number of nitrogens with zero attached hydrogens (tertiary/aromatic N) is 1. The monoisotopic (exact) mass is 334 g/mol. The Bertz CT molecular complexity index is 118. The number of aliphatic hydroxyl groups excluding tert-OH is 1. The molecule has 14 heavy (non-hydrogen) atoms. The standard InChI is InChI=1S/C5H14NO.CH3N2O.2ClH.Ru/c1-6(2,3)4-5-7;2-1(3)4;;;/h7H,4-5H2,1-3H3;(H3-,2,3,4);2*1H;/q+1;-1;;;+3/p-3. The number of halogens is 2. The summed E-state index contributed by atoms with van der Waals surface area (Å²) < 4.78 is 0.844. The number of urea groups is 1. The fourth-order valence-corrected chi connectivity index (χ4v) is 0.300. The van der Waals surface area contributed by atoms with Crippen molar-refractivity contribution in [2.45, 2.75) is 0 Å². The molecule has 0 spiro atoms. The minimum Gasteiger partial charge on any atom is -0.684 e. The fraction of sp³-hybridized carbons (Fsp3) is 0.833. The van der Waals surface area contributed by atoms with E-state index < -0.39 is 6.03 Å². The molecule has 0 fully saturated rings. The zero-order valence-electron chi connectivity index (χ0n) is 8.33. The average molecular weight is 334 g/mol. The van der Waals surface area contributed by atoms with E-state index in [4.69, 9.17) is 21.4 Å². The van der Waals surface area contributed by atoms with Crippen LogP contribution in [0, 0.1) is 0 Å². The minimum absolute atomic E-state index is 0. The van der Waals surface area contributed by atoms with Crippen LogP contribution in [-0.4, -0.2) is 49.9 Å². The third-order valence-electron chi connectivity index (χ3n) is 0.771. The average Bonchev–Trinajstić information content (AvgIpc) is 1.87. The van der Waals surface area contributed by atoms with Crippen molar-refractivity contribution in [1.29, 1.82) is 0 Å². The summed E-state index contributed by atoms with van der Waals surface area (Å²) in [6.45, 7) is 1.11. The molecule has 5 nitrogen and oxygen atoms in total. The summed E-state index contributed by atoms with van der Waals surface area (Å²) in [5.41, 5.74) is 11.2. The summed E-state index contributed by atoms with van der Waals surface area (Å²) in [6.07, 6.45) is 0. The van der Waals surface area contributed by atoms with Crippen LogP contribution >= 0.6 is 9.69 Å². The SMILES string of the molecule is C[N+](C)(C)CCO.[Cl-].[Cl][Ru+2].[NH-]C([NH-])=O. The maximum absolute atomic E-state index is 8.78. The van der Waals surface area contributed by atoms with Crippen molar-refractivity contribution in [3.63, 3.8) is 0 Å². The molecule has 0 aliphatic carbocycles. The van der Waals surface area contributed by atoms with Gasteiger partial charge in [0.05, 0.1) is 27.7 Å². The fourth-order valence-electron chi connectivity index (χ4n) is 0.300. The Kier molecular flexibility index (Phi) is 27.1. The molecule has 0 aromatic carbocycles. The van der Waals surface area contributed by atoms with Crippen molar-refractivity contribution in [2.24, 2.45) is 0 Å². The van der Waals surface area contributed by atoms with Crippen LogP contribution in [0.2, 0.25) is 0 Å². The zero-order valence-corrected chi connectivity index (χ0v) is 11.6. The molecule has 3 N–H and O–H groups in total. The Hall–Kier alpha value is 0.393. The molecular weight excluding hydrogens is 318 g/mol. The molecule has 0 saturated carbocycles. The van der Waals surface area contributed by atoms with Crippen molar-refractivity contribution in [3.8, 4) is 0 Å². The summed E-state index contributed by atoms with van der Waals surface area (Å²) in [4.78, 5) is 8.78. The van der Waals surface area contributed by atoms with Gasteiger partial charge in [-0.25, -0.2) is 0 Å². The maximum atomic E-state index is 8.78. The number of carbonyl (C=O) groups is 1. The molecule has 89 valence electrons. The van der Waals surface area contributed by atoms with Crippen LogP contribution in [0.1, 0.15) is 0 Å². The van der Waals surface area contributed by atoms with Gasteiger partial charge in [0, 0.05) is 0 Å². The van der Waals surface area contributed by atoms with Crippen molar-refractivity contribution < 1.29 is 44.1 Å². The molecule has 0 aliphatic heterocycles. The van der Waals surface area contributed by atoms with Gasteiger partial charge in [-0.3, -0.25) is 0 Å². The number of quaternary nitrogens is 1. The molecule has 0 aliphatic rings. The molecule has 0 atom stereocenters. The number of likely N-dealkylation sites (N-methyl/N-ethyl adjacent to an activating group) is 1. The van der Waals surface area contributed by atoms with E-state index in [0.29, 0.717) is 0 Å². The third kappa shape index (κ3) is 83.3. The third-order valence-corrected chi connectivity index (χ3v) is 0.771. The smallest absolute Gasteiger partial charge is 0.0446 e. The first-order chi connectivity index (χ1) is 5.79. The van der Waals surface area contributed by atoms with Crippen LogP contribution in [0.25, 0.3) is 11.5 Å². The van der Waals surface area contributed by atoms with Gasteiger partial charge in [-0.1, -0.05) is 0 Å². The van der Waals surface area contributed by atoms with Crippen molar-refractivity contribution >= 4 is 15.7 Å². The van der Waals surface area contributed by atoms with Gasteiger partial charge in [-0.05, 0) is 6.03 Å². The van der Waals surface area contributed by atoms with Gasteiger partial charge in [-0.15, -0.1) is 0 Å². The van der Waals surface area contributed by atoms with E-state index in [1.165, 1.54) is 0 Å². The van der Waals surface area contributed by atoms with Crippen LogP contribution in [0.3, 0.4) is 0 Å². The van der Waals surface area contributed by atoms with Crippen molar-refractivity contribution in [2.75, 3.05) is 34.3 Å². The van der Waals surface area contributed by atoms with Gasteiger partial charge in [0.1, 0.15) is 6.54 Å². The second kappa shape index (κ2) is 15.8. The molecule has 0 rings (SSSR count). The number of aliphatic hydroxyl groups is 1. The molecule has 0 aromatic heterocycles. The van der Waals surface area contributed by atoms with Gasteiger partial charge in [0.25, 0.3) is 0 Å². The second-order valence-corrected chi connectivity index (χ2v) is 3.07. The second-order valence-electron chi connectivity index (χ2n) is 3.07. The van der Waals surface area contributed by atoms with Crippen LogP contribution in [-0.2, 0) is 17.3 Å². The molecule has 0 unspecified atom stereocenters. The van der Waals surface area contributed by atoms with E-state index in [2.05, 4.69) is 30.8 Å². The molecular formula is C6H16Cl2N3O2Ru. The normalized spacial score (nSPS) is 8.07.